The van der Waals surface area contributed by atoms with Gasteiger partial charge in [0.25, 0.3) is 0 Å². The van der Waals surface area contributed by atoms with Gasteiger partial charge < -0.3 is 14.7 Å². The van der Waals surface area contributed by atoms with Crippen LogP contribution in [0.2, 0.25) is 0 Å². The number of aromatic carboxylic acids is 1. The number of carbonyl (C=O) groups is 1. The number of nitriles is 1. The number of hydrogen-bond donors (Lipinski definition) is 1. The third-order valence-corrected chi connectivity index (χ3v) is 2.86. The molecule has 1 heterocycles. The predicted octanol–water partition coefficient (Wildman–Crippen LogP) is 1.91. The quantitative estimate of drug-likeness (QED) is 0.823. The Hall–Kier alpha value is -1.65. The Morgan fingerprint density at radius 2 is 2.37 bits per heavy atom. The average Bonchev–Trinajstić information content (AvgIpc) is 2.39. The molecule has 0 aliphatic rings. The van der Waals surface area contributed by atoms with Crippen molar-refractivity contribution in [3.05, 3.63) is 22.3 Å². The first-order valence-electron chi connectivity index (χ1n) is 5.59. The lowest BCUT2D eigenvalue weighted by atomic mass is 10.2. The fraction of sp³-hybridized carbons (Fsp3) is 0.417. The van der Waals surface area contributed by atoms with Crippen molar-refractivity contribution in [2.75, 3.05) is 31.7 Å². The first-order valence-corrected chi connectivity index (χ1v) is 6.39. The second-order valence-corrected chi connectivity index (χ2v) is 4.63. The van der Waals surface area contributed by atoms with Gasteiger partial charge in [-0.05, 0) is 22.0 Å². The summed E-state index contributed by atoms with van der Waals surface area (Å²) in [6.07, 6.45) is 1.83. The average molecular weight is 328 g/mol. The smallest absolute Gasteiger partial charge is 0.339 e. The van der Waals surface area contributed by atoms with Crippen molar-refractivity contribution in [2.24, 2.45) is 0 Å². The maximum Gasteiger partial charge on any atom is 0.339 e. The molecular formula is C12H14BrN3O3. The van der Waals surface area contributed by atoms with E-state index >= 15 is 0 Å². The molecule has 0 aromatic carbocycles. The molecule has 0 fully saturated rings. The van der Waals surface area contributed by atoms with Crippen LogP contribution in [0.5, 0.6) is 0 Å². The van der Waals surface area contributed by atoms with Gasteiger partial charge >= 0.3 is 5.97 Å². The molecule has 0 amide bonds. The number of nitrogens with zero attached hydrogens (tertiary/aromatic N) is 3. The third kappa shape index (κ3) is 4.50. The van der Waals surface area contributed by atoms with Crippen LogP contribution in [-0.2, 0) is 4.74 Å². The summed E-state index contributed by atoms with van der Waals surface area (Å²) in [7, 11) is 1.57. The molecule has 0 radical (unpaired) electrons. The number of ether oxygens (including phenoxy) is 1. The zero-order chi connectivity index (χ0) is 14.3. The molecule has 0 saturated heterocycles. The second kappa shape index (κ2) is 7.71. The summed E-state index contributed by atoms with van der Waals surface area (Å²) in [5.74, 6) is -0.703. The molecule has 0 spiro atoms. The molecule has 1 aromatic rings. The highest BCUT2D eigenvalue weighted by Crippen LogP contribution is 2.21. The Morgan fingerprint density at radius 3 is 2.95 bits per heavy atom. The monoisotopic (exact) mass is 327 g/mol. The number of methoxy groups -OCH3 is 1. The zero-order valence-electron chi connectivity index (χ0n) is 10.5. The maximum absolute atomic E-state index is 11.2. The van der Waals surface area contributed by atoms with E-state index in [9.17, 15) is 9.90 Å². The number of pyridine rings is 1. The van der Waals surface area contributed by atoms with E-state index in [0.717, 1.165) is 0 Å². The molecule has 0 bridgehead atoms. The summed E-state index contributed by atoms with van der Waals surface area (Å²) < 4.78 is 5.59. The van der Waals surface area contributed by atoms with Crippen LogP contribution in [-0.4, -0.2) is 42.9 Å². The second-order valence-electron chi connectivity index (χ2n) is 3.72. The highest BCUT2D eigenvalue weighted by atomic mass is 79.9. The molecule has 0 aliphatic heterocycles. The highest BCUT2D eigenvalue weighted by Gasteiger charge is 2.17. The van der Waals surface area contributed by atoms with Crippen molar-refractivity contribution in [3.63, 3.8) is 0 Å². The minimum Gasteiger partial charge on any atom is -0.478 e. The zero-order valence-corrected chi connectivity index (χ0v) is 12.1. The molecule has 19 heavy (non-hydrogen) atoms. The molecule has 0 unspecified atom stereocenters. The third-order valence-electron chi connectivity index (χ3n) is 2.42. The largest absolute Gasteiger partial charge is 0.478 e. The number of rotatable bonds is 7. The van der Waals surface area contributed by atoms with Crippen LogP contribution in [0, 0.1) is 11.3 Å². The van der Waals surface area contributed by atoms with E-state index in [-0.39, 0.29) is 5.56 Å². The fourth-order valence-electron chi connectivity index (χ4n) is 1.55. The van der Waals surface area contributed by atoms with Crippen molar-refractivity contribution in [1.29, 1.82) is 5.26 Å². The topological polar surface area (TPSA) is 86.5 Å². The van der Waals surface area contributed by atoms with Crippen molar-refractivity contribution < 1.29 is 14.6 Å². The lowest BCUT2D eigenvalue weighted by Gasteiger charge is -2.23. The van der Waals surface area contributed by atoms with E-state index < -0.39 is 5.97 Å². The molecule has 7 heteroatoms. The lowest BCUT2D eigenvalue weighted by molar-refractivity contribution is 0.0697. The summed E-state index contributed by atoms with van der Waals surface area (Å²) in [4.78, 5) is 17.1. The van der Waals surface area contributed by atoms with Crippen LogP contribution < -0.4 is 4.90 Å². The Balaban J connectivity index is 3.06. The molecule has 6 nitrogen and oxygen atoms in total. The Labute approximate surface area is 119 Å². The van der Waals surface area contributed by atoms with Crippen molar-refractivity contribution >= 4 is 27.7 Å². The highest BCUT2D eigenvalue weighted by molar-refractivity contribution is 9.10. The minimum absolute atomic E-state index is 0.100. The normalized spacial score (nSPS) is 9.95. The lowest BCUT2D eigenvalue weighted by Crippen LogP contribution is -2.30. The van der Waals surface area contributed by atoms with Gasteiger partial charge in [-0.3, -0.25) is 0 Å². The van der Waals surface area contributed by atoms with E-state index in [2.05, 4.69) is 20.9 Å². The van der Waals surface area contributed by atoms with Gasteiger partial charge in [0.2, 0.25) is 0 Å². The summed E-state index contributed by atoms with van der Waals surface area (Å²) in [5.41, 5.74) is 0.100. The SMILES string of the molecule is COCCN(CCC#N)c1ncc(Br)cc1C(=O)O. The fourth-order valence-corrected chi connectivity index (χ4v) is 1.88. The van der Waals surface area contributed by atoms with Gasteiger partial charge in [0.15, 0.2) is 0 Å². The van der Waals surface area contributed by atoms with E-state index in [1.54, 1.807) is 12.0 Å². The standard InChI is InChI=1S/C12H14BrN3O3/c1-19-6-5-16(4-2-3-14)11-10(12(17)18)7-9(13)8-15-11/h7-8H,2,4-6H2,1H3,(H,17,18). The first-order chi connectivity index (χ1) is 9.10. The Morgan fingerprint density at radius 1 is 1.63 bits per heavy atom. The summed E-state index contributed by atoms with van der Waals surface area (Å²) in [5, 5.41) is 17.9. The number of aromatic nitrogens is 1. The van der Waals surface area contributed by atoms with Crippen LogP contribution in [0.1, 0.15) is 16.8 Å². The number of carboxylic acid groups (broad SMARTS) is 1. The van der Waals surface area contributed by atoms with Crippen molar-refractivity contribution in [3.8, 4) is 6.07 Å². The van der Waals surface area contributed by atoms with Gasteiger partial charge in [-0.2, -0.15) is 5.26 Å². The summed E-state index contributed by atoms with van der Waals surface area (Å²) >= 11 is 3.20. The Bertz CT molecular complexity index is 488. The van der Waals surface area contributed by atoms with Crippen molar-refractivity contribution in [2.45, 2.75) is 6.42 Å². The molecule has 1 rings (SSSR count). The van der Waals surface area contributed by atoms with E-state index in [4.69, 9.17) is 10.00 Å². The summed E-state index contributed by atoms with van der Waals surface area (Å²) in [6.45, 7) is 1.32. The van der Waals surface area contributed by atoms with Crippen LogP contribution >= 0.6 is 15.9 Å². The molecule has 0 aliphatic carbocycles. The number of hydrogen-bond acceptors (Lipinski definition) is 5. The molecule has 0 atom stereocenters. The van der Waals surface area contributed by atoms with Gasteiger partial charge in [0.05, 0.1) is 19.1 Å². The number of halogens is 1. The molecule has 0 saturated carbocycles. The van der Waals surface area contributed by atoms with Crippen LogP contribution in [0.4, 0.5) is 5.82 Å². The van der Waals surface area contributed by atoms with Gasteiger partial charge in [-0.25, -0.2) is 9.78 Å². The molecule has 102 valence electrons. The van der Waals surface area contributed by atoms with Crippen LogP contribution in [0.3, 0.4) is 0 Å². The van der Waals surface area contributed by atoms with E-state index in [0.29, 0.717) is 36.4 Å². The maximum atomic E-state index is 11.2. The predicted molar refractivity (Wildman–Crippen MR) is 73.2 cm³/mol. The van der Waals surface area contributed by atoms with Crippen LogP contribution in [0.25, 0.3) is 0 Å². The number of carboxylic acids is 1. The molecular weight excluding hydrogens is 314 g/mol. The van der Waals surface area contributed by atoms with Gasteiger partial charge in [-0.15, -0.1) is 0 Å². The van der Waals surface area contributed by atoms with Crippen LogP contribution in [0.15, 0.2) is 16.7 Å². The van der Waals surface area contributed by atoms with Gasteiger partial charge in [-0.1, -0.05) is 0 Å². The summed E-state index contributed by atoms with van der Waals surface area (Å²) in [6, 6.07) is 3.53. The molecule has 1 N–H and O–H groups in total. The Kier molecular flexibility index (Phi) is 6.25. The van der Waals surface area contributed by atoms with Gasteiger partial charge in [0, 0.05) is 30.9 Å². The minimum atomic E-state index is -1.05. The van der Waals surface area contributed by atoms with Gasteiger partial charge in [0.1, 0.15) is 11.4 Å². The van der Waals surface area contributed by atoms with Crippen molar-refractivity contribution in [1.82, 2.24) is 4.98 Å². The first kappa shape index (κ1) is 15.4. The van der Waals surface area contributed by atoms with E-state index in [1.165, 1.54) is 12.3 Å². The molecule has 1 aromatic heterocycles. The van der Waals surface area contributed by atoms with E-state index in [1.807, 2.05) is 6.07 Å². The number of anilines is 1.